The molecule has 2 N–H and O–H groups in total. The Morgan fingerprint density at radius 3 is 2.65 bits per heavy atom. The van der Waals surface area contributed by atoms with Crippen LogP contribution in [-0.2, 0) is 0 Å². The molecule has 10 heteroatoms. The van der Waals surface area contributed by atoms with Crippen LogP contribution < -0.4 is 16.1 Å². The molecule has 0 saturated heterocycles. The van der Waals surface area contributed by atoms with Crippen molar-refractivity contribution in [1.29, 1.82) is 0 Å². The van der Waals surface area contributed by atoms with Crippen LogP contribution in [0.1, 0.15) is 29.0 Å². The highest BCUT2D eigenvalue weighted by Gasteiger charge is 2.21. The van der Waals surface area contributed by atoms with Crippen molar-refractivity contribution < 1.29 is 9.32 Å². The van der Waals surface area contributed by atoms with Gasteiger partial charge in [-0.2, -0.15) is 9.61 Å². The predicted molar refractivity (Wildman–Crippen MR) is 146 cm³/mol. The van der Waals surface area contributed by atoms with Gasteiger partial charge in [0.15, 0.2) is 5.65 Å². The summed E-state index contributed by atoms with van der Waals surface area (Å²) in [5, 5.41) is 15.4. The fourth-order valence-corrected chi connectivity index (χ4v) is 4.33. The SMILES string of the molecule is [B]c1cnn2c(NCCCCNC(=O)c3c(-c4ccccc4)noc3C)cc(-c3ccccc3Cl)nc12. The molecule has 0 aliphatic carbocycles. The van der Waals surface area contributed by atoms with Crippen LogP contribution in [0.25, 0.3) is 28.2 Å². The maximum Gasteiger partial charge on any atom is 0.257 e. The fraction of sp³-hybridized carbons (Fsp3) is 0.185. The molecule has 37 heavy (non-hydrogen) atoms. The molecule has 0 atom stereocenters. The zero-order chi connectivity index (χ0) is 25.8. The van der Waals surface area contributed by atoms with E-state index < -0.39 is 0 Å². The van der Waals surface area contributed by atoms with Gasteiger partial charge in [-0.1, -0.05) is 65.3 Å². The minimum absolute atomic E-state index is 0.196. The number of amides is 1. The van der Waals surface area contributed by atoms with Gasteiger partial charge < -0.3 is 15.2 Å². The van der Waals surface area contributed by atoms with Crippen molar-refractivity contribution in [2.45, 2.75) is 19.8 Å². The Kier molecular flexibility index (Phi) is 7.23. The Bertz CT molecular complexity index is 1550. The minimum Gasteiger partial charge on any atom is -0.370 e. The van der Waals surface area contributed by atoms with E-state index in [4.69, 9.17) is 24.0 Å². The van der Waals surface area contributed by atoms with Crippen LogP contribution in [0, 0.1) is 6.92 Å². The van der Waals surface area contributed by atoms with Gasteiger partial charge >= 0.3 is 0 Å². The lowest BCUT2D eigenvalue weighted by Crippen LogP contribution is -2.25. The number of halogens is 1. The number of rotatable bonds is 9. The van der Waals surface area contributed by atoms with Crippen LogP contribution in [0.4, 0.5) is 5.82 Å². The number of nitrogens with zero attached hydrogens (tertiary/aromatic N) is 4. The molecule has 0 unspecified atom stereocenters. The predicted octanol–water partition coefficient (Wildman–Crippen LogP) is 4.43. The first-order valence-electron chi connectivity index (χ1n) is 12.0. The normalized spacial score (nSPS) is 11.1. The molecule has 8 nitrogen and oxygen atoms in total. The molecule has 0 aliphatic heterocycles. The van der Waals surface area contributed by atoms with Gasteiger partial charge in [-0.15, -0.1) is 0 Å². The van der Waals surface area contributed by atoms with Gasteiger partial charge in [0.1, 0.15) is 30.7 Å². The van der Waals surface area contributed by atoms with Crippen molar-refractivity contribution in [3.8, 4) is 22.5 Å². The zero-order valence-electron chi connectivity index (χ0n) is 20.2. The topological polar surface area (TPSA) is 97.3 Å². The Labute approximate surface area is 220 Å². The van der Waals surface area contributed by atoms with E-state index in [-0.39, 0.29) is 5.91 Å². The highest BCUT2D eigenvalue weighted by molar-refractivity contribution is 6.36. The molecule has 184 valence electrons. The molecule has 0 bridgehead atoms. The Hall–Kier alpha value is -4.11. The van der Waals surface area contributed by atoms with Crippen molar-refractivity contribution in [2.24, 2.45) is 0 Å². The number of benzene rings is 2. The molecule has 1 amide bonds. The van der Waals surface area contributed by atoms with Crippen LogP contribution >= 0.6 is 11.6 Å². The van der Waals surface area contributed by atoms with Gasteiger partial charge in [0, 0.05) is 41.5 Å². The number of aryl methyl sites for hydroxylation is 1. The van der Waals surface area contributed by atoms with Gasteiger partial charge in [-0.05, 0) is 31.3 Å². The lowest BCUT2D eigenvalue weighted by atomic mass is 10.0. The van der Waals surface area contributed by atoms with Gasteiger partial charge in [0.25, 0.3) is 5.91 Å². The number of hydrogen-bond acceptors (Lipinski definition) is 6. The first-order chi connectivity index (χ1) is 18.0. The van der Waals surface area contributed by atoms with Gasteiger partial charge in [0.2, 0.25) is 0 Å². The zero-order valence-corrected chi connectivity index (χ0v) is 21.0. The second-order valence-corrected chi connectivity index (χ2v) is 8.97. The third-order valence-corrected chi connectivity index (χ3v) is 6.31. The summed E-state index contributed by atoms with van der Waals surface area (Å²) < 4.78 is 6.98. The number of carbonyl (C=O) groups is 1. The first kappa shape index (κ1) is 24.6. The number of anilines is 1. The molecule has 5 rings (SSSR count). The Morgan fingerprint density at radius 1 is 1.08 bits per heavy atom. The molecule has 2 radical (unpaired) electrons. The molecule has 0 aliphatic rings. The molecule has 2 aromatic carbocycles. The second-order valence-electron chi connectivity index (χ2n) is 8.56. The summed E-state index contributed by atoms with van der Waals surface area (Å²) in [7, 11) is 6.09. The van der Waals surface area contributed by atoms with Crippen LogP contribution in [0.3, 0.4) is 0 Å². The molecule has 0 fully saturated rings. The molecular formula is C27H24BClN6O2. The number of aromatic nitrogens is 4. The minimum atomic E-state index is -0.196. The highest BCUT2D eigenvalue weighted by atomic mass is 35.5. The number of unbranched alkanes of at least 4 members (excludes halogenated alkanes) is 1. The van der Waals surface area contributed by atoms with Crippen LogP contribution in [0.2, 0.25) is 5.02 Å². The molecule has 0 spiro atoms. The monoisotopic (exact) mass is 510 g/mol. The summed E-state index contributed by atoms with van der Waals surface area (Å²) in [5.74, 6) is 1.05. The van der Waals surface area contributed by atoms with E-state index in [9.17, 15) is 4.79 Å². The van der Waals surface area contributed by atoms with Crippen molar-refractivity contribution in [3.05, 3.63) is 83.2 Å². The molecule has 0 saturated carbocycles. The van der Waals surface area contributed by atoms with Gasteiger partial charge in [-0.3, -0.25) is 4.79 Å². The van der Waals surface area contributed by atoms with Crippen molar-refractivity contribution in [3.63, 3.8) is 0 Å². The Morgan fingerprint density at radius 2 is 1.84 bits per heavy atom. The van der Waals surface area contributed by atoms with Crippen LogP contribution in [0.5, 0.6) is 0 Å². The average Bonchev–Trinajstić information content (AvgIpc) is 3.49. The number of carbonyl (C=O) groups excluding carboxylic acids is 1. The van der Waals surface area contributed by atoms with E-state index in [2.05, 4.69) is 25.9 Å². The lowest BCUT2D eigenvalue weighted by Gasteiger charge is -2.12. The summed E-state index contributed by atoms with van der Waals surface area (Å²) >= 11 is 6.40. The summed E-state index contributed by atoms with van der Waals surface area (Å²) in [5.41, 5.74) is 4.42. The first-order valence-corrected chi connectivity index (χ1v) is 12.3. The molecule has 3 heterocycles. The third-order valence-electron chi connectivity index (χ3n) is 5.98. The number of hydrogen-bond donors (Lipinski definition) is 2. The quantitative estimate of drug-likeness (QED) is 0.225. The van der Waals surface area contributed by atoms with Crippen molar-refractivity contribution in [2.75, 3.05) is 18.4 Å². The number of nitrogens with one attached hydrogen (secondary N) is 2. The van der Waals surface area contributed by atoms with Gasteiger partial charge in [0.05, 0.1) is 5.69 Å². The third kappa shape index (κ3) is 5.22. The van der Waals surface area contributed by atoms with Crippen molar-refractivity contribution >= 4 is 42.3 Å². The highest BCUT2D eigenvalue weighted by Crippen LogP contribution is 2.28. The van der Waals surface area contributed by atoms with E-state index in [1.807, 2.05) is 60.7 Å². The molecular weight excluding hydrogens is 487 g/mol. The molecule has 3 aromatic heterocycles. The smallest absolute Gasteiger partial charge is 0.257 e. The Balaban J connectivity index is 1.20. The summed E-state index contributed by atoms with van der Waals surface area (Å²) in [6.45, 7) is 2.93. The molecule has 5 aromatic rings. The maximum absolute atomic E-state index is 12.9. The average molecular weight is 511 g/mol. The summed E-state index contributed by atoms with van der Waals surface area (Å²) in [4.78, 5) is 17.5. The second kappa shape index (κ2) is 10.9. The summed E-state index contributed by atoms with van der Waals surface area (Å²) in [6.07, 6.45) is 3.17. The van der Waals surface area contributed by atoms with Crippen LogP contribution in [-0.4, -0.2) is 46.6 Å². The van der Waals surface area contributed by atoms with E-state index in [1.54, 1.807) is 17.6 Å². The van der Waals surface area contributed by atoms with E-state index in [0.717, 1.165) is 29.8 Å². The standard InChI is InChI=1S/C27H24BClN6O2/c1-17-24(25(34-37-17)18-9-3-2-4-10-18)27(36)31-14-8-7-13-30-23-15-22(19-11-5-6-12-21(19)29)33-26-20(28)16-32-35(23)26/h2-6,9-12,15-16,30H,7-8,13-14H2,1H3,(H,31,36). The number of fused-ring (bicyclic) bond motifs is 1. The van der Waals surface area contributed by atoms with E-state index in [1.165, 1.54) is 0 Å². The van der Waals surface area contributed by atoms with E-state index in [0.29, 0.717) is 51.9 Å². The fourth-order valence-electron chi connectivity index (χ4n) is 4.10. The summed E-state index contributed by atoms with van der Waals surface area (Å²) in [6, 6.07) is 19.0. The van der Waals surface area contributed by atoms with Gasteiger partial charge in [-0.25, -0.2) is 4.98 Å². The van der Waals surface area contributed by atoms with E-state index >= 15 is 0 Å². The van der Waals surface area contributed by atoms with Crippen LogP contribution in [0.15, 0.2) is 71.4 Å². The van der Waals surface area contributed by atoms with Crippen molar-refractivity contribution in [1.82, 2.24) is 25.1 Å². The lowest BCUT2D eigenvalue weighted by molar-refractivity contribution is 0.0952. The largest absolute Gasteiger partial charge is 0.370 e. The maximum atomic E-state index is 12.9.